The van der Waals surface area contributed by atoms with E-state index in [9.17, 15) is 0 Å². The molecule has 3 rings (SSSR count). The van der Waals surface area contributed by atoms with Crippen molar-refractivity contribution in [2.45, 2.75) is 32.4 Å². The minimum atomic E-state index is 0.672. The van der Waals surface area contributed by atoms with Crippen LogP contribution in [0.4, 0.5) is 0 Å². The van der Waals surface area contributed by atoms with Crippen LogP contribution in [0.15, 0.2) is 36.7 Å². The summed E-state index contributed by atoms with van der Waals surface area (Å²) in [7, 11) is 0. The Kier molecular flexibility index (Phi) is 4.28. The molecule has 1 atom stereocenters. The molecule has 2 heterocycles. The summed E-state index contributed by atoms with van der Waals surface area (Å²) in [4.78, 5) is 6.77. The molecule has 106 valence electrons. The number of hydrogen-bond acceptors (Lipinski definition) is 3. The van der Waals surface area contributed by atoms with Crippen LogP contribution in [0.3, 0.4) is 0 Å². The first-order chi connectivity index (χ1) is 9.83. The molecular weight excluding hydrogens is 246 g/mol. The minimum Gasteiger partial charge on any atom is -0.315 e. The fraction of sp³-hybridized carbons (Fsp3) is 0.471. The summed E-state index contributed by atoms with van der Waals surface area (Å²) >= 11 is 0. The molecule has 1 aromatic carbocycles. The molecule has 0 saturated carbocycles. The third-order valence-electron chi connectivity index (χ3n) is 4.27. The van der Waals surface area contributed by atoms with Gasteiger partial charge in [0, 0.05) is 43.5 Å². The highest BCUT2D eigenvalue weighted by Crippen LogP contribution is 2.18. The first-order valence-electron chi connectivity index (χ1n) is 7.60. The van der Waals surface area contributed by atoms with Crippen LogP contribution in [-0.2, 0) is 6.54 Å². The van der Waals surface area contributed by atoms with Gasteiger partial charge in [0.2, 0.25) is 0 Å². The fourth-order valence-electron chi connectivity index (χ4n) is 2.97. The van der Waals surface area contributed by atoms with Gasteiger partial charge in [0.15, 0.2) is 0 Å². The van der Waals surface area contributed by atoms with Gasteiger partial charge in [0.05, 0.1) is 0 Å². The average Bonchev–Trinajstić information content (AvgIpc) is 2.47. The Morgan fingerprint density at radius 2 is 2.20 bits per heavy atom. The van der Waals surface area contributed by atoms with E-state index in [1.165, 1.54) is 35.7 Å². The van der Waals surface area contributed by atoms with Crippen LogP contribution in [0.1, 0.15) is 25.3 Å². The Morgan fingerprint density at radius 3 is 3.15 bits per heavy atom. The number of aromatic nitrogens is 1. The Bertz CT molecular complexity index is 567. The van der Waals surface area contributed by atoms with Crippen LogP contribution in [0.5, 0.6) is 0 Å². The zero-order chi connectivity index (χ0) is 13.8. The SMILES string of the molecule is C[C@@H]1CCCNCCN1Cc1ccc2cnccc2c1. The normalized spacial score (nSPS) is 21.6. The Labute approximate surface area is 121 Å². The zero-order valence-corrected chi connectivity index (χ0v) is 12.2. The maximum atomic E-state index is 4.17. The van der Waals surface area contributed by atoms with E-state index < -0.39 is 0 Å². The quantitative estimate of drug-likeness (QED) is 0.908. The summed E-state index contributed by atoms with van der Waals surface area (Å²) in [6.07, 6.45) is 6.36. The van der Waals surface area contributed by atoms with Gasteiger partial charge in [0.1, 0.15) is 0 Å². The van der Waals surface area contributed by atoms with Gasteiger partial charge in [-0.15, -0.1) is 0 Å². The van der Waals surface area contributed by atoms with Crippen molar-refractivity contribution in [1.29, 1.82) is 0 Å². The smallest absolute Gasteiger partial charge is 0.0346 e. The van der Waals surface area contributed by atoms with Crippen molar-refractivity contribution < 1.29 is 0 Å². The van der Waals surface area contributed by atoms with Crippen molar-refractivity contribution in [3.8, 4) is 0 Å². The molecule has 1 aliphatic rings. The number of nitrogens with zero attached hydrogens (tertiary/aromatic N) is 2. The second kappa shape index (κ2) is 6.33. The molecule has 0 spiro atoms. The molecular formula is C17H23N3. The predicted octanol–water partition coefficient (Wildman–Crippen LogP) is 2.81. The molecule has 3 heteroatoms. The lowest BCUT2D eigenvalue weighted by molar-refractivity contribution is 0.178. The molecule has 1 fully saturated rings. The largest absolute Gasteiger partial charge is 0.315 e. The third kappa shape index (κ3) is 3.17. The Balaban J connectivity index is 1.76. The van der Waals surface area contributed by atoms with E-state index in [0.29, 0.717) is 6.04 Å². The van der Waals surface area contributed by atoms with Crippen LogP contribution in [0, 0.1) is 0 Å². The number of fused-ring (bicyclic) bond motifs is 1. The van der Waals surface area contributed by atoms with Crippen molar-refractivity contribution in [3.63, 3.8) is 0 Å². The van der Waals surface area contributed by atoms with Gasteiger partial charge < -0.3 is 5.32 Å². The van der Waals surface area contributed by atoms with Crippen LogP contribution in [0.25, 0.3) is 10.8 Å². The van der Waals surface area contributed by atoms with Crippen LogP contribution < -0.4 is 5.32 Å². The lowest BCUT2D eigenvalue weighted by Crippen LogP contribution is -2.40. The highest BCUT2D eigenvalue weighted by molar-refractivity contribution is 5.81. The lowest BCUT2D eigenvalue weighted by atomic mass is 10.1. The summed E-state index contributed by atoms with van der Waals surface area (Å²) < 4.78 is 0. The molecule has 1 aliphatic heterocycles. The molecule has 0 bridgehead atoms. The Hall–Kier alpha value is -1.45. The summed E-state index contributed by atoms with van der Waals surface area (Å²) in [6.45, 7) is 6.80. The van der Waals surface area contributed by atoms with E-state index in [1.54, 1.807) is 0 Å². The van der Waals surface area contributed by atoms with Crippen molar-refractivity contribution in [3.05, 3.63) is 42.2 Å². The number of nitrogens with one attached hydrogen (secondary N) is 1. The molecule has 0 amide bonds. The monoisotopic (exact) mass is 269 g/mol. The molecule has 3 nitrogen and oxygen atoms in total. The average molecular weight is 269 g/mol. The van der Waals surface area contributed by atoms with Crippen molar-refractivity contribution in [2.24, 2.45) is 0 Å². The summed E-state index contributed by atoms with van der Waals surface area (Å²) in [5.74, 6) is 0. The molecule has 0 radical (unpaired) electrons. The van der Waals surface area contributed by atoms with E-state index in [1.807, 2.05) is 12.4 Å². The summed E-state index contributed by atoms with van der Waals surface area (Å²) in [5.41, 5.74) is 1.40. The van der Waals surface area contributed by atoms with E-state index in [-0.39, 0.29) is 0 Å². The van der Waals surface area contributed by atoms with Crippen LogP contribution in [0.2, 0.25) is 0 Å². The second-order valence-corrected chi connectivity index (χ2v) is 5.77. The van der Waals surface area contributed by atoms with Gasteiger partial charge in [-0.3, -0.25) is 9.88 Å². The summed E-state index contributed by atoms with van der Waals surface area (Å²) in [6, 6.07) is 9.49. The number of benzene rings is 1. The number of pyridine rings is 1. The highest BCUT2D eigenvalue weighted by Gasteiger charge is 2.15. The van der Waals surface area contributed by atoms with E-state index in [0.717, 1.165) is 19.6 Å². The van der Waals surface area contributed by atoms with Crippen molar-refractivity contribution >= 4 is 10.8 Å². The molecule has 0 unspecified atom stereocenters. The third-order valence-corrected chi connectivity index (χ3v) is 4.27. The van der Waals surface area contributed by atoms with Crippen molar-refractivity contribution in [1.82, 2.24) is 15.2 Å². The van der Waals surface area contributed by atoms with E-state index >= 15 is 0 Å². The van der Waals surface area contributed by atoms with Crippen LogP contribution in [-0.4, -0.2) is 35.6 Å². The Morgan fingerprint density at radius 1 is 1.25 bits per heavy atom. The molecule has 20 heavy (non-hydrogen) atoms. The second-order valence-electron chi connectivity index (χ2n) is 5.77. The van der Waals surface area contributed by atoms with Crippen LogP contribution >= 0.6 is 0 Å². The molecule has 2 aromatic rings. The first-order valence-corrected chi connectivity index (χ1v) is 7.60. The first kappa shape index (κ1) is 13.5. The minimum absolute atomic E-state index is 0.672. The highest BCUT2D eigenvalue weighted by atomic mass is 15.2. The van der Waals surface area contributed by atoms with Gasteiger partial charge in [-0.2, -0.15) is 0 Å². The molecule has 1 N–H and O–H groups in total. The fourth-order valence-corrected chi connectivity index (χ4v) is 2.97. The zero-order valence-electron chi connectivity index (χ0n) is 12.2. The van der Waals surface area contributed by atoms with Gasteiger partial charge in [-0.1, -0.05) is 12.1 Å². The number of hydrogen-bond donors (Lipinski definition) is 1. The predicted molar refractivity (Wildman–Crippen MR) is 83.7 cm³/mol. The number of rotatable bonds is 2. The van der Waals surface area contributed by atoms with Crippen molar-refractivity contribution in [2.75, 3.05) is 19.6 Å². The molecule has 1 saturated heterocycles. The van der Waals surface area contributed by atoms with Gasteiger partial charge in [0.25, 0.3) is 0 Å². The topological polar surface area (TPSA) is 28.2 Å². The van der Waals surface area contributed by atoms with Gasteiger partial charge in [-0.25, -0.2) is 0 Å². The maximum Gasteiger partial charge on any atom is 0.0346 e. The molecule has 1 aromatic heterocycles. The van der Waals surface area contributed by atoms with E-state index in [2.05, 4.69) is 46.4 Å². The van der Waals surface area contributed by atoms with Gasteiger partial charge in [-0.05, 0) is 49.4 Å². The van der Waals surface area contributed by atoms with E-state index in [4.69, 9.17) is 0 Å². The van der Waals surface area contributed by atoms with Gasteiger partial charge >= 0.3 is 0 Å². The maximum absolute atomic E-state index is 4.17. The standard InChI is InChI=1S/C17H23N3/c1-14-3-2-7-18-9-10-20(14)13-15-4-5-17-12-19-8-6-16(17)11-15/h4-6,8,11-12,14,18H,2-3,7,9-10,13H2,1H3/t14-/m1/s1. The lowest BCUT2D eigenvalue weighted by Gasteiger charge is -2.31. The summed E-state index contributed by atoms with van der Waals surface area (Å²) in [5, 5.41) is 6.01. The molecule has 0 aliphatic carbocycles.